The van der Waals surface area contributed by atoms with E-state index in [4.69, 9.17) is 9.47 Å². The zero-order chi connectivity index (χ0) is 15.3. The lowest BCUT2D eigenvalue weighted by Gasteiger charge is -2.26. The van der Waals surface area contributed by atoms with Crippen molar-refractivity contribution < 1.29 is 19.4 Å². The van der Waals surface area contributed by atoms with E-state index in [2.05, 4.69) is 5.32 Å². The number of carbonyl (C=O) groups is 1. The van der Waals surface area contributed by atoms with Crippen molar-refractivity contribution in [1.82, 2.24) is 5.32 Å². The average Bonchev–Trinajstić information content (AvgIpc) is 2.83. The Labute approximate surface area is 129 Å². The molecule has 1 aliphatic rings. The van der Waals surface area contributed by atoms with Gasteiger partial charge >= 0.3 is 0 Å². The van der Waals surface area contributed by atoms with E-state index in [1.165, 1.54) is 11.8 Å². The summed E-state index contributed by atoms with van der Waals surface area (Å²) >= 11 is 1.45. The highest BCUT2D eigenvalue weighted by atomic mass is 32.2. The van der Waals surface area contributed by atoms with Crippen LogP contribution in [0.2, 0.25) is 0 Å². The van der Waals surface area contributed by atoms with Gasteiger partial charge in [0.2, 0.25) is 5.91 Å². The van der Waals surface area contributed by atoms with Crippen molar-refractivity contribution in [2.24, 2.45) is 0 Å². The van der Waals surface area contributed by atoms with E-state index in [1.807, 2.05) is 31.2 Å². The van der Waals surface area contributed by atoms with Crippen LogP contribution in [0.25, 0.3) is 0 Å². The number of rotatable bonds is 6. The van der Waals surface area contributed by atoms with Crippen molar-refractivity contribution in [3.63, 3.8) is 0 Å². The summed E-state index contributed by atoms with van der Waals surface area (Å²) in [6.07, 6.45) is 0.312. The maximum Gasteiger partial charge on any atom is 0.230 e. The van der Waals surface area contributed by atoms with Gasteiger partial charge in [-0.2, -0.15) is 0 Å². The number of methoxy groups -OCH3 is 1. The minimum atomic E-state index is -0.944. The Kier molecular flexibility index (Phi) is 5.50. The summed E-state index contributed by atoms with van der Waals surface area (Å²) in [5.41, 5.74) is -0.944. The number of hydrogen-bond donors (Lipinski definition) is 2. The zero-order valence-electron chi connectivity index (χ0n) is 12.3. The van der Waals surface area contributed by atoms with Gasteiger partial charge in [-0.15, -0.1) is 11.8 Å². The highest BCUT2D eigenvalue weighted by molar-refractivity contribution is 8.00. The van der Waals surface area contributed by atoms with Crippen molar-refractivity contribution >= 4 is 17.7 Å². The largest absolute Gasteiger partial charge is 0.497 e. The molecule has 0 bridgehead atoms. The van der Waals surface area contributed by atoms with Gasteiger partial charge in [0.1, 0.15) is 11.4 Å². The van der Waals surface area contributed by atoms with Crippen LogP contribution in [0.1, 0.15) is 13.3 Å². The van der Waals surface area contributed by atoms with Gasteiger partial charge in [-0.3, -0.25) is 4.79 Å². The van der Waals surface area contributed by atoms with Crippen molar-refractivity contribution in [3.8, 4) is 5.75 Å². The van der Waals surface area contributed by atoms with Gasteiger partial charge in [0.15, 0.2) is 0 Å². The van der Waals surface area contributed by atoms with Gasteiger partial charge in [-0.25, -0.2) is 0 Å². The van der Waals surface area contributed by atoms with Crippen LogP contribution in [0.5, 0.6) is 5.75 Å². The van der Waals surface area contributed by atoms with E-state index in [1.54, 1.807) is 7.11 Å². The third kappa shape index (κ3) is 4.36. The first kappa shape index (κ1) is 16.1. The normalized spacial score (nSPS) is 24.8. The Bertz CT molecular complexity index is 479. The third-order valence-electron chi connectivity index (χ3n) is 3.68. The van der Waals surface area contributed by atoms with E-state index in [0.717, 1.165) is 10.6 Å². The van der Waals surface area contributed by atoms with E-state index in [-0.39, 0.29) is 18.6 Å². The van der Waals surface area contributed by atoms with Crippen LogP contribution in [-0.2, 0) is 9.53 Å². The molecule has 21 heavy (non-hydrogen) atoms. The van der Waals surface area contributed by atoms with Crippen molar-refractivity contribution in [2.75, 3.05) is 26.0 Å². The van der Waals surface area contributed by atoms with E-state index < -0.39 is 5.60 Å². The van der Waals surface area contributed by atoms with Gasteiger partial charge in [0.25, 0.3) is 0 Å². The molecule has 0 aromatic heterocycles. The Balaban J connectivity index is 1.74. The number of ether oxygens (including phenoxy) is 2. The van der Waals surface area contributed by atoms with Gasteiger partial charge in [0, 0.05) is 24.5 Å². The second-order valence-electron chi connectivity index (χ2n) is 5.11. The molecule has 0 aliphatic carbocycles. The fourth-order valence-electron chi connectivity index (χ4n) is 2.13. The molecule has 1 fully saturated rings. The average molecular weight is 311 g/mol. The van der Waals surface area contributed by atoms with Crippen molar-refractivity contribution in [1.29, 1.82) is 0 Å². The number of amides is 1. The highest BCUT2D eigenvalue weighted by Gasteiger charge is 2.39. The fourth-order valence-corrected chi connectivity index (χ4v) is 2.85. The quantitative estimate of drug-likeness (QED) is 0.778. The summed E-state index contributed by atoms with van der Waals surface area (Å²) in [5, 5.41) is 13.1. The van der Waals surface area contributed by atoms with Gasteiger partial charge in [0.05, 0.1) is 19.0 Å². The molecule has 1 amide bonds. The summed E-state index contributed by atoms with van der Waals surface area (Å²) in [7, 11) is 1.62. The number of aliphatic hydroxyl groups is 1. The van der Waals surface area contributed by atoms with Crippen LogP contribution in [0.3, 0.4) is 0 Å². The summed E-state index contributed by atoms with van der Waals surface area (Å²) < 4.78 is 10.4. The van der Waals surface area contributed by atoms with Gasteiger partial charge in [-0.1, -0.05) is 0 Å². The molecule has 1 heterocycles. The molecule has 2 N–H and O–H groups in total. The molecule has 1 aliphatic heterocycles. The molecule has 0 spiro atoms. The Morgan fingerprint density at radius 1 is 1.52 bits per heavy atom. The number of benzene rings is 1. The molecular weight excluding hydrogens is 290 g/mol. The van der Waals surface area contributed by atoms with Gasteiger partial charge < -0.3 is 19.9 Å². The molecule has 1 aromatic carbocycles. The molecule has 2 unspecified atom stereocenters. The smallest absolute Gasteiger partial charge is 0.230 e. The predicted octanol–water partition coefficient (Wildman–Crippen LogP) is 1.44. The number of thioether (sulfide) groups is 1. The van der Waals surface area contributed by atoms with Crippen LogP contribution >= 0.6 is 11.8 Å². The van der Waals surface area contributed by atoms with Crippen molar-refractivity contribution in [3.05, 3.63) is 24.3 Å². The summed E-state index contributed by atoms with van der Waals surface area (Å²) in [6, 6.07) is 7.55. The second-order valence-corrected chi connectivity index (χ2v) is 6.16. The Hall–Kier alpha value is -1.24. The lowest BCUT2D eigenvalue weighted by molar-refractivity contribution is -0.120. The highest BCUT2D eigenvalue weighted by Crippen LogP contribution is 2.25. The van der Waals surface area contributed by atoms with Crippen LogP contribution < -0.4 is 10.1 Å². The second kappa shape index (κ2) is 7.15. The topological polar surface area (TPSA) is 67.8 Å². The number of nitrogens with one attached hydrogen (secondary N) is 1. The monoisotopic (exact) mass is 311 g/mol. The lowest BCUT2D eigenvalue weighted by Crippen LogP contribution is -2.47. The Morgan fingerprint density at radius 2 is 2.24 bits per heavy atom. The maximum atomic E-state index is 11.8. The van der Waals surface area contributed by atoms with Crippen LogP contribution in [-0.4, -0.2) is 48.7 Å². The minimum absolute atomic E-state index is 0.0941. The standard InChI is InChI=1S/C15H21NO4S/c1-11-15(18,7-8-20-11)10-16-14(17)9-21-13-5-3-12(19-2)4-6-13/h3-6,11,18H,7-10H2,1-2H3,(H,16,17). The minimum Gasteiger partial charge on any atom is -0.497 e. The molecule has 5 nitrogen and oxygen atoms in total. The summed E-state index contributed by atoms with van der Waals surface area (Å²) in [4.78, 5) is 12.8. The van der Waals surface area contributed by atoms with E-state index >= 15 is 0 Å². The van der Waals surface area contributed by atoms with E-state index in [0.29, 0.717) is 18.8 Å². The Morgan fingerprint density at radius 3 is 2.81 bits per heavy atom. The first-order valence-electron chi connectivity index (χ1n) is 6.91. The molecule has 2 rings (SSSR count). The van der Waals surface area contributed by atoms with Crippen LogP contribution in [0.15, 0.2) is 29.2 Å². The maximum absolute atomic E-state index is 11.8. The first-order valence-corrected chi connectivity index (χ1v) is 7.89. The zero-order valence-corrected chi connectivity index (χ0v) is 13.1. The number of carbonyl (C=O) groups excluding carboxylic acids is 1. The third-order valence-corrected chi connectivity index (χ3v) is 4.69. The summed E-state index contributed by atoms with van der Waals surface area (Å²) in [6.45, 7) is 2.59. The van der Waals surface area contributed by atoms with Gasteiger partial charge in [-0.05, 0) is 31.2 Å². The molecule has 116 valence electrons. The van der Waals surface area contributed by atoms with Crippen LogP contribution in [0, 0.1) is 0 Å². The first-order chi connectivity index (χ1) is 10.0. The predicted molar refractivity (Wildman–Crippen MR) is 81.7 cm³/mol. The molecule has 2 atom stereocenters. The molecule has 0 radical (unpaired) electrons. The molecule has 1 saturated heterocycles. The van der Waals surface area contributed by atoms with Crippen LogP contribution in [0.4, 0.5) is 0 Å². The lowest BCUT2D eigenvalue weighted by atomic mass is 9.97. The molecule has 1 aromatic rings. The molecule has 0 saturated carbocycles. The molecular formula is C15H21NO4S. The van der Waals surface area contributed by atoms with E-state index in [9.17, 15) is 9.90 Å². The summed E-state index contributed by atoms with van der Waals surface area (Å²) in [5.74, 6) is 1.02. The fraction of sp³-hybridized carbons (Fsp3) is 0.533. The molecule has 6 heteroatoms. The number of hydrogen-bond acceptors (Lipinski definition) is 5. The van der Waals surface area contributed by atoms with Crippen molar-refractivity contribution in [2.45, 2.75) is 29.9 Å². The SMILES string of the molecule is COc1ccc(SCC(=O)NCC2(O)CCOC2C)cc1.